The molecule has 1 N–H and O–H groups in total. The van der Waals surface area contributed by atoms with Crippen molar-refractivity contribution in [1.29, 1.82) is 0 Å². The van der Waals surface area contributed by atoms with Crippen LogP contribution in [0.25, 0.3) is 0 Å². The van der Waals surface area contributed by atoms with Crippen LogP contribution in [0.1, 0.15) is 62.4 Å². The van der Waals surface area contributed by atoms with Crippen LogP contribution in [0.3, 0.4) is 0 Å². The van der Waals surface area contributed by atoms with Gasteiger partial charge in [-0.15, -0.1) is 0 Å². The highest BCUT2D eigenvalue weighted by atomic mass is 16.5. The summed E-state index contributed by atoms with van der Waals surface area (Å²) in [5.74, 6) is 1.41. The van der Waals surface area contributed by atoms with Crippen LogP contribution < -0.4 is 10.1 Å². The van der Waals surface area contributed by atoms with E-state index in [1.54, 1.807) is 0 Å². The first kappa shape index (κ1) is 23.8. The standard InChI is InChI=1S/C27H36N2O3/c1-18(2)14-26(31)29-13-12-21-10-11-23(32-17-25(30)28-16-19(3)4)15-24(21)27(29)22-8-6-20(5)7-9-22/h6-11,15,18-19,27H,12-14,16-17H2,1-5H3,(H,28,30). The van der Waals surface area contributed by atoms with E-state index < -0.39 is 0 Å². The van der Waals surface area contributed by atoms with Gasteiger partial charge in [0.15, 0.2) is 6.61 Å². The first-order valence-corrected chi connectivity index (χ1v) is 11.6. The van der Waals surface area contributed by atoms with Crippen molar-refractivity contribution < 1.29 is 14.3 Å². The quantitative estimate of drug-likeness (QED) is 0.654. The molecule has 0 aromatic heterocycles. The van der Waals surface area contributed by atoms with Crippen LogP contribution in [0.5, 0.6) is 5.75 Å². The number of fused-ring (bicyclic) bond motifs is 1. The van der Waals surface area contributed by atoms with Gasteiger partial charge in [-0.25, -0.2) is 0 Å². The Kier molecular flexibility index (Phi) is 7.94. The van der Waals surface area contributed by atoms with Crippen molar-refractivity contribution in [3.63, 3.8) is 0 Å². The Labute approximate surface area is 192 Å². The number of nitrogens with one attached hydrogen (secondary N) is 1. The lowest BCUT2D eigenvalue weighted by Crippen LogP contribution is -2.41. The molecule has 0 bridgehead atoms. The highest BCUT2D eigenvalue weighted by Gasteiger charge is 2.32. The first-order valence-electron chi connectivity index (χ1n) is 11.6. The molecule has 172 valence electrons. The van der Waals surface area contributed by atoms with E-state index in [2.05, 4.69) is 70.3 Å². The van der Waals surface area contributed by atoms with E-state index in [9.17, 15) is 9.59 Å². The highest BCUT2D eigenvalue weighted by Crippen LogP contribution is 2.38. The summed E-state index contributed by atoms with van der Waals surface area (Å²) in [5.41, 5.74) is 4.59. The Bertz CT molecular complexity index is 934. The third-order valence-electron chi connectivity index (χ3n) is 5.72. The second-order valence-electron chi connectivity index (χ2n) is 9.60. The van der Waals surface area contributed by atoms with Gasteiger partial charge in [0, 0.05) is 19.5 Å². The molecule has 1 unspecified atom stereocenters. The maximum Gasteiger partial charge on any atom is 0.257 e. The van der Waals surface area contributed by atoms with E-state index >= 15 is 0 Å². The van der Waals surface area contributed by atoms with E-state index in [1.807, 2.05) is 17.0 Å². The number of aryl methyl sites for hydroxylation is 1. The van der Waals surface area contributed by atoms with Crippen LogP contribution in [-0.2, 0) is 16.0 Å². The van der Waals surface area contributed by atoms with E-state index in [0.29, 0.717) is 37.1 Å². The van der Waals surface area contributed by atoms with Gasteiger partial charge in [-0.05, 0) is 54.0 Å². The van der Waals surface area contributed by atoms with Crippen LogP contribution in [-0.4, -0.2) is 36.4 Å². The summed E-state index contributed by atoms with van der Waals surface area (Å²) in [6, 6.07) is 14.3. The molecule has 0 fully saturated rings. The van der Waals surface area contributed by atoms with Gasteiger partial charge in [0.2, 0.25) is 5.91 Å². The number of carbonyl (C=O) groups excluding carboxylic acids is 2. The van der Waals surface area contributed by atoms with Crippen molar-refractivity contribution in [1.82, 2.24) is 10.2 Å². The zero-order valence-corrected chi connectivity index (χ0v) is 20.0. The van der Waals surface area contributed by atoms with E-state index in [0.717, 1.165) is 17.5 Å². The van der Waals surface area contributed by atoms with Crippen molar-refractivity contribution in [2.24, 2.45) is 11.8 Å². The summed E-state index contributed by atoms with van der Waals surface area (Å²) in [5, 5.41) is 2.88. The van der Waals surface area contributed by atoms with Crippen molar-refractivity contribution >= 4 is 11.8 Å². The molecule has 2 amide bonds. The molecule has 5 nitrogen and oxygen atoms in total. The van der Waals surface area contributed by atoms with Gasteiger partial charge >= 0.3 is 0 Å². The largest absolute Gasteiger partial charge is 0.484 e. The number of nitrogens with zero attached hydrogens (tertiary/aromatic N) is 1. The monoisotopic (exact) mass is 436 g/mol. The fraction of sp³-hybridized carbons (Fsp3) is 0.481. The number of amides is 2. The van der Waals surface area contributed by atoms with Crippen molar-refractivity contribution in [3.8, 4) is 5.75 Å². The summed E-state index contributed by atoms with van der Waals surface area (Å²) in [7, 11) is 0. The topological polar surface area (TPSA) is 58.6 Å². The third-order valence-corrected chi connectivity index (χ3v) is 5.72. The molecule has 0 saturated carbocycles. The zero-order valence-electron chi connectivity index (χ0n) is 20.0. The zero-order chi connectivity index (χ0) is 23.3. The van der Waals surface area contributed by atoms with E-state index in [4.69, 9.17) is 4.74 Å². The van der Waals surface area contributed by atoms with E-state index in [-0.39, 0.29) is 24.5 Å². The summed E-state index contributed by atoms with van der Waals surface area (Å²) >= 11 is 0. The molecule has 1 aliphatic heterocycles. The predicted molar refractivity (Wildman–Crippen MR) is 128 cm³/mol. The molecule has 0 saturated heterocycles. The van der Waals surface area contributed by atoms with Gasteiger partial charge in [-0.2, -0.15) is 0 Å². The molecule has 3 rings (SSSR count). The Hall–Kier alpha value is -2.82. The normalized spacial score (nSPS) is 15.6. The minimum Gasteiger partial charge on any atom is -0.484 e. The second kappa shape index (κ2) is 10.7. The van der Waals surface area contributed by atoms with Gasteiger partial charge in [-0.3, -0.25) is 9.59 Å². The summed E-state index contributed by atoms with van der Waals surface area (Å²) in [6.07, 6.45) is 1.35. The Morgan fingerprint density at radius 1 is 1.06 bits per heavy atom. The third kappa shape index (κ3) is 6.12. The Morgan fingerprint density at radius 3 is 2.44 bits per heavy atom. The number of hydrogen-bond donors (Lipinski definition) is 1. The SMILES string of the molecule is Cc1ccc(C2c3cc(OCC(=O)NCC(C)C)ccc3CCN2C(=O)CC(C)C)cc1. The maximum atomic E-state index is 13.1. The molecule has 1 heterocycles. The number of ether oxygens (including phenoxy) is 1. The molecule has 0 spiro atoms. The van der Waals surface area contributed by atoms with Crippen LogP contribution in [0.2, 0.25) is 0 Å². The lowest BCUT2D eigenvalue weighted by molar-refractivity contribution is -0.134. The first-order chi connectivity index (χ1) is 15.2. The van der Waals surface area contributed by atoms with Gasteiger partial charge in [0.05, 0.1) is 6.04 Å². The molecule has 32 heavy (non-hydrogen) atoms. The Balaban J connectivity index is 1.87. The fourth-order valence-corrected chi connectivity index (χ4v) is 4.04. The summed E-state index contributed by atoms with van der Waals surface area (Å²) in [4.78, 5) is 27.2. The summed E-state index contributed by atoms with van der Waals surface area (Å²) in [6.45, 7) is 11.7. The number of rotatable bonds is 8. The average molecular weight is 437 g/mol. The van der Waals surface area contributed by atoms with Crippen molar-refractivity contribution in [2.45, 2.75) is 53.5 Å². The number of hydrogen-bond acceptors (Lipinski definition) is 3. The lowest BCUT2D eigenvalue weighted by atomic mass is 9.87. The molecule has 1 atom stereocenters. The van der Waals surface area contributed by atoms with Gasteiger partial charge in [0.25, 0.3) is 5.91 Å². The number of benzene rings is 2. The molecular weight excluding hydrogens is 400 g/mol. The molecular formula is C27H36N2O3. The molecule has 0 aliphatic carbocycles. The smallest absolute Gasteiger partial charge is 0.257 e. The molecule has 2 aromatic carbocycles. The maximum absolute atomic E-state index is 13.1. The minimum absolute atomic E-state index is 0.0172. The van der Waals surface area contributed by atoms with Crippen LogP contribution in [0.15, 0.2) is 42.5 Å². The van der Waals surface area contributed by atoms with E-state index in [1.165, 1.54) is 11.1 Å². The average Bonchev–Trinajstić information content (AvgIpc) is 2.75. The van der Waals surface area contributed by atoms with Crippen LogP contribution in [0, 0.1) is 18.8 Å². The molecule has 0 radical (unpaired) electrons. The number of carbonyl (C=O) groups is 2. The minimum atomic E-state index is -0.149. The van der Waals surface area contributed by atoms with Gasteiger partial charge < -0.3 is 15.0 Å². The molecule has 2 aromatic rings. The highest BCUT2D eigenvalue weighted by molar-refractivity contribution is 5.78. The van der Waals surface area contributed by atoms with Crippen LogP contribution in [0.4, 0.5) is 0 Å². The fourth-order valence-electron chi connectivity index (χ4n) is 4.04. The van der Waals surface area contributed by atoms with Gasteiger partial charge in [0.1, 0.15) is 5.75 Å². The van der Waals surface area contributed by atoms with Crippen LogP contribution >= 0.6 is 0 Å². The molecule has 5 heteroatoms. The second-order valence-corrected chi connectivity index (χ2v) is 9.60. The summed E-state index contributed by atoms with van der Waals surface area (Å²) < 4.78 is 5.81. The Morgan fingerprint density at radius 2 is 1.78 bits per heavy atom. The molecule has 1 aliphatic rings. The van der Waals surface area contributed by atoms with Crippen molar-refractivity contribution in [3.05, 3.63) is 64.7 Å². The lowest BCUT2D eigenvalue weighted by Gasteiger charge is -2.38. The van der Waals surface area contributed by atoms with Gasteiger partial charge in [-0.1, -0.05) is 63.6 Å². The predicted octanol–water partition coefficient (Wildman–Crippen LogP) is 4.67. The van der Waals surface area contributed by atoms with Crippen molar-refractivity contribution in [2.75, 3.05) is 19.7 Å².